The molecule has 1 aliphatic heterocycles. The summed E-state index contributed by atoms with van der Waals surface area (Å²) in [6.45, 7) is 1.52. The van der Waals surface area contributed by atoms with Crippen molar-refractivity contribution in [2.75, 3.05) is 25.1 Å². The summed E-state index contributed by atoms with van der Waals surface area (Å²) < 4.78 is 5.33. The lowest BCUT2D eigenvalue weighted by Gasteiger charge is -2.34. The Morgan fingerprint density at radius 3 is 3.11 bits per heavy atom. The molecule has 1 aliphatic rings. The van der Waals surface area contributed by atoms with Gasteiger partial charge in [0.1, 0.15) is 5.75 Å². The summed E-state index contributed by atoms with van der Waals surface area (Å²) >= 11 is 9.22. The minimum Gasteiger partial charge on any atom is -0.507 e. The molecule has 2 rings (SSSR count). The number of hydrogen-bond donors (Lipinski definition) is 1. The molecule has 98 valence electrons. The molecule has 1 heterocycles. The molecule has 1 N–H and O–H groups in total. The summed E-state index contributed by atoms with van der Waals surface area (Å²) in [5, 5.41) is 10.8. The van der Waals surface area contributed by atoms with Gasteiger partial charge in [-0.05, 0) is 18.2 Å². The lowest BCUT2D eigenvalue weighted by Crippen LogP contribution is -2.49. The quantitative estimate of drug-likeness (QED) is 0.844. The minimum absolute atomic E-state index is 0.0235. The van der Waals surface area contributed by atoms with Crippen LogP contribution in [0.1, 0.15) is 10.4 Å². The number of halogens is 2. The van der Waals surface area contributed by atoms with Crippen molar-refractivity contribution in [1.29, 1.82) is 0 Å². The molecule has 0 aromatic heterocycles. The predicted octanol–water partition coefficient (Wildman–Crippen LogP) is 2.28. The van der Waals surface area contributed by atoms with Gasteiger partial charge in [-0.2, -0.15) is 0 Å². The molecule has 1 fully saturated rings. The van der Waals surface area contributed by atoms with Crippen molar-refractivity contribution in [2.45, 2.75) is 6.04 Å². The monoisotopic (exact) mass is 333 g/mol. The number of ether oxygens (including phenoxy) is 1. The third kappa shape index (κ3) is 2.79. The maximum atomic E-state index is 12.4. The first-order chi connectivity index (χ1) is 8.63. The highest BCUT2D eigenvalue weighted by Crippen LogP contribution is 2.24. The molecule has 18 heavy (non-hydrogen) atoms. The zero-order chi connectivity index (χ0) is 13.1. The van der Waals surface area contributed by atoms with E-state index in [0.717, 1.165) is 0 Å². The Hall–Kier alpha value is -0.780. The highest BCUT2D eigenvalue weighted by molar-refractivity contribution is 9.09. The Labute approximate surface area is 119 Å². The van der Waals surface area contributed by atoms with Gasteiger partial charge < -0.3 is 14.7 Å². The lowest BCUT2D eigenvalue weighted by atomic mass is 10.1. The zero-order valence-electron chi connectivity index (χ0n) is 9.60. The van der Waals surface area contributed by atoms with Gasteiger partial charge in [0, 0.05) is 16.9 Å². The van der Waals surface area contributed by atoms with Crippen LogP contribution in [-0.4, -0.2) is 47.0 Å². The third-order valence-corrected chi connectivity index (χ3v) is 3.84. The molecule has 1 aromatic rings. The molecule has 1 atom stereocenters. The van der Waals surface area contributed by atoms with Crippen molar-refractivity contribution in [2.24, 2.45) is 0 Å². The van der Waals surface area contributed by atoms with E-state index < -0.39 is 0 Å². The molecule has 0 radical (unpaired) electrons. The number of alkyl halides is 1. The standard InChI is InChI=1S/C12H13BrClNO3/c13-6-9-7-18-4-3-15(9)12(17)10-5-8(14)1-2-11(10)16/h1-2,5,9,16H,3-4,6-7H2. The van der Waals surface area contributed by atoms with Crippen molar-refractivity contribution in [1.82, 2.24) is 4.90 Å². The van der Waals surface area contributed by atoms with Crippen LogP contribution in [0.2, 0.25) is 5.02 Å². The van der Waals surface area contributed by atoms with Gasteiger partial charge in [0.25, 0.3) is 5.91 Å². The smallest absolute Gasteiger partial charge is 0.258 e. The predicted molar refractivity (Wildman–Crippen MR) is 72.6 cm³/mol. The number of nitrogens with zero attached hydrogens (tertiary/aromatic N) is 1. The average molecular weight is 335 g/mol. The maximum absolute atomic E-state index is 12.4. The van der Waals surface area contributed by atoms with Crippen molar-refractivity contribution in [3.63, 3.8) is 0 Å². The summed E-state index contributed by atoms with van der Waals surface area (Å²) in [6, 6.07) is 4.44. The van der Waals surface area contributed by atoms with E-state index in [9.17, 15) is 9.90 Å². The summed E-state index contributed by atoms with van der Waals surface area (Å²) in [6.07, 6.45) is 0. The lowest BCUT2D eigenvalue weighted by molar-refractivity contribution is 0.00510. The van der Waals surface area contributed by atoms with Crippen LogP contribution in [0.4, 0.5) is 0 Å². The van der Waals surface area contributed by atoms with Gasteiger partial charge in [-0.1, -0.05) is 27.5 Å². The molecular weight excluding hydrogens is 321 g/mol. The molecule has 1 saturated heterocycles. The largest absolute Gasteiger partial charge is 0.507 e. The van der Waals surface area contributed by atoms with Gasteiger partial charge >= 0.3 is 0 Å². The van der Waals surface area contributed by atoms with Gasteiger partial charge in [-0.15, -0.1) is 0 Å². The molecule has 4 nitrogen and oxygen atoms in total. The van der Waals surface area contributed by atoms with Gasteiger partial charge in [0.2, 0.25) is 0 Å². The maximum Gasteiger partial charge on any atom is 0.258 e. The summed E-state index contributed by atoms with van der Waals surface area (Å²) in [4.78, 5) is 14.1. The van der Waals surface area contributed by atoms with Gasteiger partial charge in [0.15, 0.2) is 0 Å². The Kier molecular flexibility index (Phi) is 4.48. The van der Waals surface area contributed by atoms with Crippen LogP contribution >= 0.6 is 27.5 Å². The first-order valence-electron chi connectivity index (χ1n) is 5.56. The third-order valence-electron chi connectivity index (χ3n) is 2.86. The molecule has 1 amide bonds. The number of phenolic OH excluding ortho intramolecular Hbond substituents is 1. The molecule has 1 unspecified atom stereocenters. The summed E-state index contributed by atoms with van der Waals surface area (Å²) in [5.41, 5.74) is 0.232. The molecule has 0 spiro atoms. The fraction of sp³-hybridized carbons (Fsp3) is 0.417. The highest BCUT2D eigenvalue weighted by atomic mass is 79.9. The number of aromatic hydroxyl groups is 1. The second kappa shape index (κ2) is 5.91. The van der Waals surface area contributed by atoms with E-state index >= 15 is 0 Å². The van der Waals surface area contributed by atoms with Crippen LogP contribution in [-0.2, 0) is 4.74 Å². The molecule has 0 saturated carbocycles. The second-order valence-corrected chi connectivity index (χ2v) is 5.13. The van der Waals surface area contributed by atoms with Gasteiger partial charge in [0.05, 0.1) is 24.8 Å². The van der Waals surface area contributed by atoms with Crippen LogP contribution < -0.4 is 0 Å². The van der Waals surface area contributed by atoms with E-state index in [2.05, 4.69) is 15.9 Å². The second-order valence-electron chi connectivity index (χ2n) is 4.04. The fourth-order valence-corrected chi connectivity index (χ4v) is 2.59. The number of morpholine rings is 1. The molecule has 1 aromatic carbocycles. The highest BCUT2D eigenvalue weighted by Gasteiger charge is 2.28. The molecular formula is C12H13BrClNO3. The number of benzene rings is 1. The van der Waals surface area contributed by atoms with Gasteiger partial charge in [-0.3, -0.25) is 4.79 Å². The first kappa shape index (κ1) is 13.6. The van der Waals surface area contributed by atoms with Crippen LogP contribution in [0, 0.1) is 0 Å². The van der Waals surface area contributed by atoms with E-state index in [1.807, 2.05) is 0 Å². The van der Waals surface area contributed by atoms with Crippen LogP contribution in [0.5, 0.6) is 5.75 Å². The minimum atomic E-state index is -0.220. The normalized spacial score (nSPS) is 19.9. The first-order valence-corrected chi connectivity index (χ1v) is 7.06. The number of phenols is 1. The number of amides is 1. The van der Waals surface area contributed by atoms with Crippen molar-refractivity contribution < 1.29 is 14.6 Å². The average Bonchev–Trinajstić information content (AvgIpc) is 2.40. The zero-order valence-corrected chi connectivity index (χ0v) is 11.9. The summed E-state index contributed by atoms with van der Waals surface area (Å²) in [5.74, 6) is -0.271. The van der Waals surface area contributed by atoms with Crippen molar-refractivity contribution in [3.05, 3.63) is 28.8 Å². The van der Waals surface area contributed by atoms with E-state index in [0.29, 0.717) is 30.1 Å². The van der Waals surface area contributed by atoms with E-state index in [1.165, 1.54) is 12.1 Å². The Bertz CT molecular complexity index is 455. The Morgan fingerprint density at radius 1 is 1.61 bits per heavy atom. The fourth-order valence-electron chi connectivity index (χ4n) is 1.88. The van der Waals surface area contributed by atoms with Crippen molar-refractivity contribution >= 4 is 33.4 Å². The number of hydrogen-bond acceptors (Lipinski definition) is 3. The Morgan fingerprint density at radius 2 is 2.39 bits per heavy atom. The van der Waals surface area contributed by atoms with E-state index in [1.54, 1.807) is 11.0 Å². The molecule has 6 heteroatoms. The molecule has 0 aliphatic carbocycles. The topological polar surface area (TPSA) is 49.8 Å². The SMILES string of the molecule is O=C(c1cc(Cl)ccc1O)N1CCOCC1CBr. The van der Waals surface area contributed by atoms with E-state index in [-0.39, 0.29) is 23.3 Å². The van der Waals surface area contributed by atoms with E-state index in [4.69, 9.17) is 16.3 Å². The van der Waals surface area contributed by atoms with Crippen molar-refractivity contribution in [3.8, 4) is 5.75 Å². The van der Waals surface area contributed by atoms with Crippen LogP contribution in [0.3, 0.4) is 0 Å². The van der Waals surface area contributed by atoms with Crippen LogP contribution in [0.25, 0.3) is 0 Å². The van der Waals surface area contributed by atoms with Crippen LogP contribution in [0.15, 0.2) is 18.2 Å². The Balaban J connectivity index is 2.26. The molecule has 0 bridgehead atoms. The summed E-state index contributed by atoms with van der Waals surface area (Å²) in [7, 11) is 0. The number of rotatable bonds is 2. The number of carbonyl (C=O) groups is 1. The van der Waals surface area contributed by atoms with Gasteiger partial charge in [-0.25, -0.2) is 0 Å². The number of carbonyl (C=O) groups excluding carboxylic acids is 1.